The first-order chi connectivity index (χ1) is 8.83. The van der Waals surface area contributed by atoms with Crippen LogP contribution < -0.4 is 4.74 Å². The molecule has 3 rings (SSSR count). The quantitative estimate of drug-likeness (QED) is 0.739. The molecule has 0 spiro atoms. The largest absolute Gasteiger partial charge is 0.486 e. The number of aromatic nitrogens is 1. The predicted molar refractivity (Wildman–Crippen MR) is 69.0 cm³/mol. The summed E-state index contributed by atoms with van der Waals surface area (Å²) >= 11 is 0. The smallest absolute Gasteiger partial charge is 0.165 e. The maximum Gasteiger partial charge on any atom is 0.165 e. The highest BCUT2D eigenvalue weighted by Crippen LogP contribution is 2.24. The summed E-state index contributed by atoms with van der Waals surface area (Å²) in [6.45, 7) is 0.365. The van der Waals surface area contributed by atoms with Crippen molar-refractivity contribution in [2.75, 3.05) is 0 Å². The van der Waals surface area contributed by atoms with Crippen molar-refractivity contribution in [2.24, 2.45) is 0 Å². The third-order valence-electron chi connectivity index (χ3n) is 2.84. The number of nitrogens with one attached hydrogen (secondary N) is 1. The highest BCUT2D eigenvalue weighted by atomic mass is 19.1. The fourth-order valence-electron chi connectivity index (χ4n) is 1.90. The summed E-state index contributed by atoms with van der Waals surface area (Å²) in [6, 6.07) is 14.7. The van der Waals surface area contributed by atoms with E-state index in [9.17, 15) is 4.39 Å². The van der Waals surface area contributed by atoms with Crippen LogP contribution in [-0.4, -0.2) is 4.98 Å². The Morgan fingerprint density at radius 2 is 1.89 bits per heavy atom. The van der Waals surface area contributed by atoms with Gasteiger partial charge in [-0.25, -0.2) is 4.39 Å². The summed E-state index contributed by atoms with van der Waals surface area (Å²) in [5.74, 6) is -0.0631. The number of rotatable bonds is 3. The fourth-order valence-corrected chi connectivity index (χ4v) is 1.90. The van der Waals surface area contributed by atoms with E-state index in [2.05, 4.69) is 4.98 Å². The van der Waals surface area contributed by atoms with Gasteiger partial charge in [-0.15, -0.1) is 0 Å². The molecule has 1 aromatic heterocycles. The summed E-state index contributed by atoms with van der Waals surface area (Å²) in [5.41, 5.74) is 1.89. The van der Waals surface area contributed by atoms with Crippen molar-refractivity contribution in [3.8, 4) is 5.75 Å². The Morgan fingerprint density at radius 3 is 2.72 bits per heavy atom. The second-order valence-electron chi connectivity index (χ2n) is 4.12. The third kappa shape index (κ3) is 2.07. The van der Waals surface area contributed by atoms with Crippen LogP contribution in [0.2, 0.25) is 0 Å². The summed E-state index contributed by atoms with van der Waals surface area (Å²) in [4.78, 5) is 3.04. The van der Waals surface area contributed by atoms with Crippen LogP contribution >= 0.6 is 0 Å². The van der Waals surface area contributed by atoms with Crippen LogP contribution in [0.3, 0.4) is 0 Å². The lowest BCUT2D eigenvalue weighted by Crippen LogP contribution is -1.97. The van der Waals surface area contributed by atoms with Crippen LogP contribution in [-0.2, 0) is 6.61 Å². The van der Waals surface area contributed by atoms with Gasteiger partial charge in [0.2, 0.25) is 0 Å². The Hall–Kier alpha value is -2.29. The van der Waals surface area contributed by atoms with Crippen LogP contribution in [0.15, 0.2) is 54.7 Å². The van der Waals surface area contributed by atoms with E-state index in [0.717, 1.165) is 16.5 Å². The molecule has 0 fully saturated rings. The van der Waals surface area contributed by atoms with Gasteiger partial charge < -0.3 is 9.72 Å². The first kappa shape index (κ1) is 10.8. The molecule has 0 aliphatic heterocycles. The van der Waals surface area contributed by atoms with Crippen LogP contribution in [0.5, 0.6) is 5.75 Å². The Labute approximate surface area is 104 Å². The number of aromatic amines is 1. The first-order valence-electron chi connectivity index (χ1n) is 5.76. The van der Waals surface area contributed by atoms with Gasteiger partial charge in [-0.3, -0.25) is 0 Å². The molecule has 1 N–H and O–H groups in total. The van der Waals surface area contributed by atoms with Gasteiger partial charge in [0.15, 0.2) is 11.6 Å². The monoisotopic (exact) mass is 241 g/mol. The van der Waals surface area contributed by atoms with Crippen molar-refractivity contribution in [1.29, 1.82) is 0 Å². The van der Waals surface area contributed by atoms with Gasteiger partial charge in [0, 0.05) is 23.2 Å². The lowest BCUT2D eigenvalue weighted by Gasteiger charge is -2.07. The SMILES string of the molecule is Fc1cc2cc[nH]c2cc1OCc1ccccc1. The van der Waals surface area contributed by atoms with Crippen LogP contribution in [0.25, 0.3) is 10.9 Å². The van der Waals surface area contributed by atoms with E-state index in [4.69, 9.17) is 4.74 Å². The van der Waals surface area contributed by atoms with E-state index >= 15 is 0 Å². The van der Waals surface area contributed by atoms with Crippen molar-refractivity contribution in [3.63, 3.8) is 0 Å². The molecule has 3 heteroatoms. The molecule has 0 saturated heterocycles. The maximum absolute atomic E-state index is 13.8. The lowest BCUT2D eigenvalue weighted by atomic mass is 10.2. The van der Waals surface area contributed by atoms with E-state index in [0.29, 0.717) is 6.61 Å². The number of halogens is 1. The highest BCUT2D eigenvalue weighted by Gasteiger charge is 2.06. The molecule has 2 nitrogen and oxygen atoms in total. The van der Waals surface area contributed by atoms with Gasteiger partial charge in [0.1, 0.15) is 6.61 Å². The number of H-pyrrole nitrogens is 1. The van der Waals surface area contributed by atoms with Gasteiger partial charge in [-0.2, -0.15) is 0 Å². The summed E-state index contributed by atoms with van der Waals surface area (Å²) < 4.78 is 19.3. The normalized spacial score (nSPS) is 10.7. The standard InChI is InChI=1S/C15H12FNO/c16-13-8-12-6-7-17-14(12)9-15(13)18-10-11-4-2-1-3-5-11/h1-9,17H,10H2. The minimum atomic E-state index is -0.335. The Bertz CT molecular complexity index is 661. The molecule has 3 aromatic rings. The average molecular weight is 241 g/mol. The number of hydrogen-bond donors (Lipinski definition) is 1. The predicted octanol–water partition coefficient (Wildman–Crippen LogP) is 3.89. The first-order valence-corrected chi connectivity index (χ1v) is 5.76. The lowest BCUT2D eigenvalue weighted by molar-refractivity contribution is 0.291. The van der Waals surface area contributed by atoms with Gasteiger partial charge in [-0.05, 0) is 17.7 Å². The second-order valence-corrected chi connectivity index (χ2v) is 4.12. The van der Waals surface area contributed by atoms with E-state index < -0.39 is 0 Å². The van der Waals surface area contributed by atoms with Crippen LogP contribution in [0.1, 0.15) is 5.56 Å². The Kier molecular flexibility index (Phi) is 2.73. The molecular formula is C15H12FNO. The van der Waals surface area contributed by atoms with E-state index in [1.54, 1.807) is 12.3 Å². The van der Waals surface area contributed by atoms with Gasteiger partial charge >= 0.3 is 0 Å². The number of fused-ring (bicyclic) bond motifs is 1. The van der Waals surface area contributed by atoms with E-state index in [-0.39, 0.29) is 11.6 Å². The van der Waals surface area contributed by atoms with Gasteiger partial charge in [0.05, 0.1) is 0 Å². The Balaban J connectivity index is 1.84. The zero-order valence-corrected chi connectivity index (χ0v) is 9.69. The van der Waals surface area contributed by atoms with Crippen molar-refractivity contribution in [3.05, 3.63) is 66.1 Å². The fraction of sp³-hybridized carbons (Fsp3) is 0.0667. The topological polar surface area (TPSA) is 25.0 Å². The van der Waals surface area contributed by atoms with Crippen molar-refractivity contribution in [2.45, 2.75) is 6.61 Å². The van der Waals surface area contributed by atoms with Crippen molar-refractivity contribution >= 4 is 10.9 Å². The van der Waals surface area contributed by atoms with Crippen molar-refractivity contribution in [1.82, 2.24) is 4.98 Å². The molecule has 0 aliphatic rings. The third-order valence-corrected chi connectivity index (χ3v) is 2.84. The molecule has 0 radical (unpaired) electrons. The van der Waals surface area contributed by atoms with Gasteiger partial charge in [-0.1, -0.05) is 30.3 Å². The number of hydrogen-bond acceptors (Lipinski definition) is 1. The Morgan fingerprint density at radius 1 is 1.06 bits per heavy atom. The summed E-state index contributed by atoms with van der Waals surface area (Å²) in [6.07, 6.45) is 1.78. The molecule has 0 unspecified atom stereocenters. The maximum atomic E-state index is 13.8. The van der Waals surface area contributed by atoms with Gasteiger partial charge in [0.25, 0.3) is 0 Å². The summed E-state index contributed by atoms with van der Waals surface area (Å²) in [7, 11) is 0. The van der Waals surface area contributed by atoms with E-state index in [1.165, 1.54) is 6.07 Å². The minimum Gasteiger partial charge on any atom is -0.486 e. The molecule has 0 atom stereocenters. The van der Waals surface area contributed by atoms with Crippen LogP contribution in [0, 0.1) is 5.82 Å². The van der Waals surface area contributed by atoms with Crippen LogP contribution in [0.4, 0.5) is 4.39 Å². The number of ether oxygens (including phenoxy) is 1. The molecule has 18 heavy (non-hydrogen) atoms. The zero-order chi connectivity index (χ0) is 12.4. The summed E-state index contributed by atoms with van der Waals surface area (Å²) in [5, 5.41) is 0.847. The highest BCUT2D eigenvalue weighted by molar-refractivity contribution is 5.80. The van der Waals surface area contributed by atoms with Crippen molar-refractivity contribution < 1.29 is 9.13 Å². The molecule has 2 aromatic carbocycles. The minimum absolute atomic E-state index is 0.272. The molecule has 90 valence electrons. The van der Waals surface area contributed by atoms with E-state index in [1.807, 2.05) is 36.4 Å². The molecular weight excluding hydrogens is 229 g/mol. The average Bonchev–Trinajstić information content (AvgIpc) is 2.84. The molecule has 0 aliphatic carbocycles. The molecule has 0 bridgehead atoms. The second kappa shape index (κ2) is 4.53. The molecule has 0 amide bonds. The molecule has 1 heterocycles. The number of benzene rings is 2. The molecule has 0 saturated carbocycles. The zero-order valence-electron chi connectivity index (χ0n) is 9.69.